The number of anilines is 2. The lowest BCUT2D eigenvalue weighted by Gasteiger charge is -2.24. The van der Waals surface area contributed by atoms with Gasteiger partial charge in [0.15, 0.2) is 11.5 Å². The lowest BCUT2D eigenvalue weighted by Crippen LogP contribution is -2.38. The molecule has 0 aromatic heterocycles. The van der Waals surface area contributed by atoms with Gasteiger partial charge in [-0.25, -0.2) is 8.42 Å². The van der Waals surface area contributed by atoms with Crippen LogP contribution in [0.1, 0.15) is 12.5 Å². The summed E-state index contributed by atoms with van der Waals surface area (Å²) in [7, 11) is -3.62. The molecule has 0 fully saturated rings. The van der Waals surface area contributed by atoms with Crippen molar-refractivity contribution in [2.75, 3.05) is 29.2 Å². The Balaban J connectivity index is 1.80. The lowest BCUT2D eigenvalue weighted by atomic mass is 10.1. The Morgan fingerprint density at radius 1 is 1.15 bits per heavy atom. The summed E-state index contributed by atoms with van der Waals surface area (Å²) in [5.41, 5.74) is 1.88. The average molecular weight is 376 g/mol. The molecule has 0 saturated heterocycles. The molecule has 1 aliphatic heterocycles. The Labute approximate surface area is 152 Å². The summed E-state index contributed by atoms with van der Waals surface area (Å²) < 4.78 is 36.1. The molecule has 0 saturated carbocycles. The standard InChI is InChI=1S/C18H20N2O5S/c1-3-13-6-4-5-7-15(13)20(26(2,22)23)11-18(21)19-14-8-9-16-17(10-14)25-12-24-16/h4-10H,3,11-12H2,1-2H3,(H,19,21). The number of amides is 1. The maximum absolute atomic E-state index is 12.5. The molecular formula is C18H20N2O5S. The Morgan fingerprint density at radius 3 is 2.62 bits per heavy atom. The summed E-state index contributed by atoms with van der Waals surface area (Å²) in [5.74, 6) is 0.705. The number of fused-ring (bicyclic) bond motifs is 1. The third kappa shape index (κ3) is 3.91. The second-order valence-electron chi connectivity index (χ2n) is 5.87. The summed E-state index contributed by atoms with van der Waals surface area (Å²) in [6.07, 6.45) is 1.75. The predicted octanol–water partition coefficient (Wildman–Crippen LogP) is 2.38. The van der Waals surface area contributed by atoms with E-state index in [-0.39, 0.29) is 13.3 Å². The molecule has 3 rings (SSSR count). The maximum atomic E-state index is 12.5. The maximum Gasteiger partial charge on any atom is 0.245 e. The number of sulfonamides is 1. The van der Waals surface area contributed by atoms with Crippen LogP contribution in [0, 0.1) is 0 Å². The van der Waals surface area contributed by atoms with E-state index in [0.717, 1.165) is 16.1 Å². The highest BCUT2D eigenvalue weighted by Crippen LogP contribution is 2.34. The van der Waals surface area contributed by atoms with Gasteiger partial charge in [-0.2, -0.15) is 0 Å². The number of aryl methyl sites for hydroxylation is 1. The van der Waals surface area contributed by atoms with Crippen molar-refractivity contribution in [1.29, 1.82) is 0 Å². The van der Waals surface area contributed by atoms with Crippen molar-refractivity contribution >= 4 is 27.3 Å². The van der Waals surface area contributed by atoms with Crippen LogP contribution < -0.4 is 19.1 Å². The van der Waals surface area contributed by atoms with Gasteiger partial charge in [0.2, 0.25) is 22.7 Å². The molecule has 1 amide bonds. The first kappa shape index (κ1) is 18.1. The molecule has 0 bridgehead atoms. The zero-order chi connectivity index (χ0) is 18.7. The molecule has 1 aliphatic rings. The molecule has 1 heterocycles. The molecule has 26 heavy (non-hydrogen) atoms. The van der Waals surface area contributed by atoms with Gasteiger partial charge in [0.1, 0.15) is 6.54 Å². The fraction of sp³-hybridized carbons (Fsp3) is 0.278. The molecule has 0 unspecified atom stereocenters. The number of benzene rings is 2. The molecule has 8 heteroatoms. The average Bonchev–Trinajstić information content (AvgIpc) is 3.06. The van der Waals surface area contributed by atoms with Crippen LogP contribution in [0.3, 0.4) is 0 Å². The number of hydrogen-bond donors (Lipinski definition) is 1. The summed E-state index contributed by atoms with van der Waals surface area (Å²) in [4.78, 5) is 12.5. The van der Waals surface area contributed by atoms with E-state index >= 15 is 0 Å². The van der Waals surface area contributed by atoms with Gasteiger partial charge >= 0.3 is 0 Å². The predicted molar refractivity (Wildman–Crippen MR) is 99.2 cm³/mol. The number of nitrogens with zero attached hydrogens (tertiary/aromatic N) is 1. The fourth-order valence-corrected chi connectivity index (χ4v) is 3.63. The molecule has 0 atom stereocenters. The topological polar surface area (TPSA) is 84.9 Å². The van der Waals surface area contributed by atoms with Crippen molar-refractivity contribution in [1.82, 2.24) is 0 Å². The van der Waals surface area contributed by atoms with Gasteiger partial charge in [0.25, 0.3) is 0 Å². The zero-order valence-corrected chi connectivity index (χ0v) is 15.4. The minimum atomic E-state index is -3.62. The van der Waals surface area contributed by atoms with E-state index in [1.54, 1.807) is 30.3 Å². The molecule has 138 valence electrons. The van der Waals surface area contributed by atoms with Crippen molar-refractivity contribution in [3.05, 3.63) is 48.0 Å². The van der Waals surface area contributed by atoms with Crippen molar-refractivity contribution in [3.8, 4) is 11.5 Å². The first-order chi connectivity index (χ1) is 12.4. The number of ether oxygens (including phenoxy) is 2. The van der Waals surface area contributed by atoms with E-state index in [9.17, 15) is 13.2 Å². The van der Waals surface area contributed by atoms with Gasteiger partial charge in [-0.15, -0.1) is 0 Å². The van der Waals surface area contributed by atoms with Crippen LogP contribution in [0.5, 0.6) is 11.5 Å². The van der Waals surface area contributed by atoms with Crippen LogP contribution >= 0.6 is 0 Å². The number of para-hydroxylation sites is 1. The number of carbonyl (C=O) groups excluding carboxylic acids is 1. The number of hydrogen-bond acceptors (Lipinski definition) is 5. The van der Waals surface area contributed by atoms with E-state index in [4.69, 9.17) is 9.47 Å². The zero-order valence-electron chi connectivity index (χ0n) is 14.6. The van der Waals surface area contributed by atoms with Crippen LogP contribution in [0.4, 0.5) is 11.4 Å². The minimum absolute atomic E-state index is 0.141. The van der Waals surface area contributed by atoms with E-state index < -0.39 is 15.9 Å². The number of nitrogens with one attached hydrogen (secondary N) is 1. The van der Waals surface area contributed by atoms with E-state index in [1.165, 1.54) is 0 Å². The monoisotopic (exact) mass is 376 g/mol. The summed E-state index contributed by atoms with van der Waals surface area (Å²) in [5, 5.41) is 2.70. The van der Waals surface area contributed by atoms with Gasteiger partial charge in [-0.1, -0.05) is 25.1 Å². The highest BCUT2D eigenvalue weighted by atomic mass is 32.2. The number of carbonyl (C=O) groups is 1. The second kappa shape index (κ2) is 7.25. The van der Waals surface area contributed by atoms with E-state index in [1.807, 2.05) is 19.1 Å². The second-order valence-corrected chi connectivity index (χ2v) is 7.77. The summed E-state index contributed by atoms with van der Waals surface area (Å²) in [6, 6.07) is 12.2. The van der Waals surface area contributed by atoms with Gasteiger partial charge in [0, 0.05) is 11.8 Å². The SMILES string of the molecule is CCc1ccccc1N(CC(=O)Nc1ccc2c(c1)OCO2)S(C)(=O)=O. The summed E-state index contributed by atoms with van der Waals surface area (Å²) >= 11 is 0. The largest absolute Gasteiger partial charge is 0.454 e. The van der Waals surface area contributed by atoms with Crippen LogP contribution in [0.2, 0.25) is 0 Å². The Bertz CT molecular complexity index is 927. The van der Waals surface area contributed by atoms with Gasteiger partial charge in [-0.05, 0) is 30.2 Å². The van der Waals surface area contributed by atoms with Crippen molar-refractivity contribution in [2.24, 2.45) is 0 Å². The van der Waals surface area contributed by atoms with E-state index in [0.29, 0.717) is 29.3 Å². The Morgan fingerprint density at radius 2 is 1.88 bits per heavy atom. The third-order valence-electron chi connectivity index (χ3n) is 3.99. The third-order valence-corrected chi connectivity index (χ3v) is 5.11. The lowest BCUT2D eigenvalue weighted by molar-refractivity contribution is -0.114. The van der Waals surface area contributed by atoms with Crippen molar-refractivity contribution in [2.45, 2.75) is 13.3 Å². The van der Waals surface area contributed by atoms with Crippen LogP contribution in [0.25, 0.3) is 0 Å². The van der Waals surface area contributed by atoms with E-state index in [2.05, 4.69) is 5.32 Å². The normalized spacial score (nSPS) is 12.7. The molecular weight excluding hydrogens is 356 g/mol. The molecule has 0 aliphatic carbocycles. The summed E-state index contributed by atoms with van der Waals surface area (Å²) in [6.45, 7) is 1.76. The van der Waals surface area contributed by atoms with Gasteiger partial charge in [0.05, 0.1) is 11.9 Å². The smallest absolute Gasteiger partial charge is 0.245 e. The van der Waals surface area contributed by atoms with Crippen LogP contribution in [-0.2, 0) is 21.2 Å². The Hall–Kier alpha value is -2.74. The molecule has 7 nitrogen and oxygen atoms in total. The highest BCUT2D eigenvalue weighted by molar-refractivity contribution is 7.92. The highest BCUT2D eigenvalue weighted by Gasteiger charge is 2.23. The van der Waals surface area contributed by atoms with Gasteiger partial charge < -0.3 is 14.8 Å². The molecule has 1 N–H and O–H groups in total. The van der Waals surface area contributed by atoms with Crippen molar-refractivity contribution in [3.63, 3.8) is 0 Å². The van der Waals surface area contributed by atoms with Gasteiger partial charge in [-0.3, -0.25) is 9.10 Å². The first-order valence-corrected chi connectivity index (χ1v) is 9.98. The molecule has 2 aromatic carbocycles. The Kier molecular flexibility index (Phi) is 5.03. The molecule has 2 aromatic rings. The molecule has 0 spiro atoms. The fourth-order valence-electron chi connectivity index (χ4n) is 2.74. The molecule has 0 radical (unpaired) electrons. The van der Waals surface area contributed by atoms with Crippen molar-refractivity contribution < 1.29 is 22.7 Å². The first-order valence-electron chi connectivity index (χ1n) is 8.13. The van der Waals surface area contributed by atoms with Crippen LogP contribution in [-0.4, -0.2) is 33.9 Å². The minimum Gasteiger partial charge on any atom is -0.454 e. The number of rotatable bonds is 6. The quantitative estimate of drug-likeness (QED) is 0.837. The van der Waals surface area contributed by atoms with Crippen LogP contribution in [0.15, 0.2) is 42.5 Å².